The third-order valence-corrected chi connectivity index (χ3v) is 3.58. The molecule has 0 unspecified atom stereocenters. The van der Waals surface area contributed by atoms with Crippen LogP contribution in [0.15, 0.2) is 42.7 Å². The summed E-state index contributed by atoms with van der Waals surface area (Å²) in [4.78, 5) is 6.17. The lowest BCUT2D eigenvalue weighted by Gasteiger charge is -2.25. The summed E-state index contributed by atoms with van der Waals surface area (Å²) >= 11 is 0. The van der Waals surface area contributed by atoms with Gasteiger partial charge in [-0.15, -0.1) is 0 Å². The number of aromatic nitrogens is 1. The average Bonchev–Trinajstić information content (AvgIpc) is 2.52. The van der Waals surface area contributed by atoms with Crippen molar-refractivity contribution in [1.82, 2.24) is 4.98 Å². The first kappa shape index (κ1) is 15.3. The number of anilines is 1. The molecule has 0 aliphatic heterocycles. The van der Waals surface area contributed by atoms with E-state index < -0.39 is 6.10 Å². The molecule has 0 fully saturated rings. The van der Waals surface area contributed by atoms with E-state index in [0.29, 0.717) is 0 Å². The van der Waals surface area contributed by atoms with E-state index in [1.165, 1.54) is 5.56 Å². The van der Waals surface area contributed by atoms with Gasteiger partial charge in [0.05, 0.1) is 13.2 Å². The Bertz CT molecular complexity index is 570. The third-order valence-electron chi connectivity index (χ3n) is 3.58. The minimum absolute atomic E-state index is 0.570. The molecule has 2 rings (SSSR count). The largest absolute Gasteiger partial charge is 0.496 e. The number of ether oxygens (including phenoxy) is 1. The molecule has 0 amide bonds. The van der Waals surface area contributed by atoms with Gasteiger partial charge in [0, 0.05) is 37.2 Å². The first-order valence-corrected chi connectivity index (χ1v) is 7.08. The molecule has 0 aliphatic carbocycles. The highest BCUT2D eigenvalue weighted by atomic mass is 16.5. The second kappa shape index (κ2) is 7.09. The Labute approximate surface area is 126 Å². The van der Waals surface area contributed by atoms with Crippen LogP contribution < -0.4 is 9.64 Å². The number of pyridine rings is 1. The van der Waals surface area contributed by atoms with Crippen LogP contribution in [0.3, 0.4) is 0 Å². The van der Waals surface area contributed by atoms with Crippen molar-refractivity contribution < 1.29 is 9.84 Å². The smallest absolute Gasteiger partial charge is 0.126 e. The third kappa shape index (κ3) is 3.73. The van der Waals surface area contributed by atoms with Gasteiger partial charge in [-0.2, -0.15) is 0 Å². The summed E-state index contributed by atoms with van der Waals surface area (Å²) in [6.45, 7) is 2.62. The molecule has 21 heavy (non-hydrogen) atoms. The average molecular weight is 286 g/mol. The lowest BCUT2D eigenvalue weighted by atomic mass is 10.1. The molecule has 0 bridgehead atoms. The van der Waals surface area contributed by atoms with Crippen molar-refractivity contribution in [3.63, 3.8) is 0 Å². The van der Waals surface area contributed by atoms with E-state index in [2.05, 4.69) is 9.88 Å². The summed E-state index contributed by atoms with van der Waals surface area (Å²) in [5, 5.41) is 10.0. The number of likely N-dealkylation sites (N-methyl/N-ethyl adjacent to an activating group) is 1. The first-order chi connectivity index (χ1) is 10.1. The lowest BCUT2D eigenvalue weighted by molar-refractivity contribution is 0.194. The van der Waals surface area contributed by atoms with Crippen molar-refractivity contribution in [2.24, 2.45) is 0 Å². The highest BCUT2D eigenvalue weighted by Crippen LogP contribution is 2.34. The number of nitrogens with zero attached hydrogens (tertiary/aromatic N) is 2. The van der Waals surface area contributed by atoms with Crippen LogP contribution in [0.5, 0.6) is 5.75 Å². The summed E-state index contributed by atoms with van der Waals surface area (Å²) in [5.74, 6) is 0.721. The van der Waals surface area contributed by atoms with Gasteiger partial charge in [0.15, 0.2) is 0 Å². The minimum atomic E-state index is -0.570. The molecule has 1 atom stereocenters. The Morgan fingerprint density at radius 2 is 1.95 bits per heavy atom. The maximum absolute atomic E-state index is 10.0. The molecule has 1 heterocycles. The summed E-state index contributed by atoms with van der Waals surface area (Å²) < 4.78 is 5.37. The molecule has 0 saturated heterocycles. The monoisotopic (exact) mass is 286 g/mol. The molecule has 4 heteroatoms. The number of benzene rings is 1. The first-order valence-electron chi connectivity index (χ1n) is 7.08. The molecule has 1 aromatic heterocycles. The zero-order valence-corrected chi connectivity index (χ0v) is 12.8. The summed E-state index contributed by atoms with van der Waals surface area (Å²) in [5.41, 5.74) is 3.08. The Balaban J connectivity index is 2.17. The quantitative estimate of drug-likeness (QED) is 0.887. The van der Waals surface area contributed by atoms with E-state index in [9.17, 15) is 5.11 Å². The van der Waals surface area contributed by atoms with Crippen molar-refractivity contribution in [3.8, 4) is 5.75 Å². The molecule has 4 nitrogen and oxygen atoms in total. The zero-order valence-electron chi connectivity index (χ0n) is 12.8. The van der Waals surface area contributed by atoms with Crippen molar-refractivity contribution in [1.29, 1.82) is 0 Å². The van der Waals surface area contributed by atoms with Crippen molar-refractivity contribution >= 4 is 5.69 Å². The maximum Gasteiger partial charge on any atom is 0.126 e. The van der Waals surface area contributed by atoms with Crippen molar-refractivity contribution in [3.05, 3.63) is 53.9 Å². The zero-order chi connectivity index (χ0) is 15.2. The fourth-order valence-electron chi connectivity index (χ4n) is 2.43. The number of aliphatic hydroxyl groups is 1. The molecule has 0 spiro atoms. The number of methoxy groups -OCH3 is 1. The van der Waals surface area contributed by atoms with E-state index in [1.54, 1.807) is 14.0 Å². The summed E-state index contributed by atoms with van der Waals surface area (Å²) in [7, 11) is 3.66. The van der Waals surface area contributed by atoms with Gasteiger partial charge in [-0.3, -0.25) is 4.98 Å². The van der Waals surface area contributed by atoms with Crippen LogP contribution in [0.2, 0.25) is 0 Å². The standard InChI is InChI=1S/C17H22N2O2/c1-13(20)17-15(5-4-6-16(17)21-3)19(2)12-9-14-7-10-18-11-8-14/h4-8,10-11,13,20H,9,12H2,1-3H3/t13-/m0/s1. The second-order valence-electron chi connectivity index (χ2n) is 5.10. The van der Waals surface area contributed by atoms with E-state index in [0.717, 1.165) is 30.0 Å². The molecule has 0 saturated carbocycles. The summed E-state index contributed by atoms with van der Waals surface area (Å²) in [6, 6.07) is 9.88. The molecule has 112 valence electrons. The number of hydrogen-bond donors (Lipinski definition) is 1. The molecule has 1 N–H and O–H groups in total. The van der Waals surface area contributed by atoms with Crippen molar-refractivity contribution in [2.45, 2.75) is 19.4 Å². The highest BCUT2D eigenvalue weighted by molar-refractivity contribution is 5.60. The van der Waals surface area contributed by atoms with Gasteiger partial charge in [-0.05, 0) is 43.2 Å². The van der Waals surface area contributed by atoms with Crippen LogP contribution in [0.1, 0.15) is 24.2 Å². The Hall–Kier alpha value is -2.07. The van der Waals surface area contributed by atoms with Gasteiger partial charge in [0.1, 0.15) is 5.75 Å². The van der Waals surface area contributed by atoms with Crippen LogP contribution >= 0.6 is 0 Å². The van der Waals surface area contributed by atoms with E-state index in [-0.39, 0.29) is 0 Å². The predicted octanol–water partition coefficient (Wildman–Crippen LogP) is 2.82. The van der Waals surface area contributed by atoms with E-state index in [1.807, 2.05) is 49.8 Å². The van der Waals surface area contributed by atoms with Gasteiger partial charge in [0.25, 0.3) is 0 Å². The Morgan fingerprint density at radius 3 is 2.57 bits per heavy atom. The molecule has 2 aromatic rings. The highest BCUT2D eigenvalue weighted by Gasteiger charge is 2.16. The van der Waals surface area contributed by atoms with Crippen LogP contribution in [0, 0.1) is 0 Å². The van der Waals surface area contributed by atoms with E-state index in [4.69, 9.17) is 4.74 Å². The van der Waals surface area contributed by atoms with Crippen LogP contribution in [0.25, 0.3) is 0 Å². The Kier molecular flexibility index (Phi) is 5.17. The van der Waals surface area contributed by atoms with Crippen LogP contribution in [-0.2, 0) is 6.42 Å². The van der Waals surface area contributed by atoms with Gasteiger partial charge < -0.3 is 14.7 Å². The number of aliphatic hydroxyl groups excluding tert-OH is 1. The SMILES string of the molecule is COc1cccc(N(C)CCc2ccncc2)c1[C@H](C)O. The van der Waals surface area contributed by atoms with Crippen molar-refractivity contribution in [2.75, 3.05) is 25.6 Å². The predicted molar refractivity (Wildman–Crippen MR) is 84.8 cm³/mol. The Morgan fingerprint density at radius 1 is 1.24 bits per heavy atom. The topological polar surface area (TPSA) is 45.6 Å². The van der Waals surface area contributed by atoms with Gasteiger partial charge in [-0.1, -0.05) is 6.07 Å². The molecule has 0 aliphatic rings. The second-order valence-corrected chi connectivity index (χ2v) is 5.10. The van der Waals surface area contributed by atoms with Gasteiger partial charge in [0.2, 0.25) is 0 Å². The molecule has 0 radical (unpaired) electrons. The van der Waals surface area contributed by atoms with Gasteiger partial charge in [-0.25, -0.2) is 0 Å². The number of hydrogen-bond acceptors (Lipinski definition) is 4. The van der Waals surface area contributed by atoms with Crippen LogP contribution in [-0.4, -0.2) is 30.8 Å². The normalized spacial score (nSPS) is 12.0. The fraction of sp³-hybridized carbons (Fsp3) is 0.353. The molecular weight excluding hydrogens is 264 g/mol. The summed E-state index contributed by atoms with van der Waals surface area (Å²) in [6.07, 6.45) is 3.97. The molecule has 1 aromatic carbocycles. The fourth-order valence-corrected chi connectivity index (χ4v) is 2.43. The maximum atomic E-state index is 10.0. The lowest BCUT2D eigenvalue weighted by Crippen LogP contribution is -2.22. The minimum Gasteiger partial charge on any atom is -0.496 e. The number of rotatable bonds is 6. The molecular formula is C17H22N2O2. The van der Waals surface area contributed by atoms with Gasteiger partial charge >= 0.3 is 0 Å². The van der Waals surface area contributed by atoms with E-state index >= 15 is 0 Å². The van der Waals surface area contributed by atoms with Crippen LogP contribution in [0.4, 0.5) is 5.69 Å².